The number of carbonyl (C=O) groups excluding carboxylic acids is 1. The summed E-state index contributed by atoms with van der Waals surface area (Å²) >= 11 is 0. The van der Waals surface area contributed by atoms with Crippen molar-refractivity contribution in [3.8, 4) is 0 Å². The maximum absolute atomic E-state index is 12.9. The molecule has 0 aromatic carbocycles. The molecule has 1 aliphatic heterocycles. The van der Waals surface area contributed by atoms with Crippen molar-refractivity contribution in [2.75, 3.05) is 6.54 Å². The van der Waals surface area contributed by atoms with Crippen molar-refractivity contribution >= 4 is 5.91 Å². The van der Waals surface area contributed by atoms with E-state index in [0.29, 0.717) is 29.9 Å². The van der Waals surface area contributed by atoms with Crippen LogP contribution in [0.4, 0.5) is 0 Å². The first-order valence-corrected chi connectivity index (χ1v) is 8.77. The Morgan fingerprint density at radius 2 is 1.92 bits per heavy atom. The number of nitrogens with zero attached hydrogens (tertiary/aromatic N) is 5. The first kappa shape index (κ1) is 14.1. The van der Waals surface area contributed by atoms with Gasteiger partial charge in [-0.05, 0) is 44.6 Å². The van der Waals surface area contributed by atoms with E-state index < -0.39 is 0 Å². The Hall–Kier alpha value is -2.31. The van der Waals surface area contributed by atoms with Crippen molar-refractivity contribution in [3.05, 3.63) is 35.5 Å². The van der Waals surface area contributed by atoms with Gasteiger partial charge in [-0.25, -0.2) is 9.97 Å². The number of likely N-dealkylation sites (tertiary alicyclic amines) is 1. The minimum atomic E-state index is -0.104. The van der Waals surface area contributed by atoms with Gasteiger partial charge in [-0.15, -0.1) is 0 Å². The van der Waals surface area contributed by atoms with Gasteiger partial charge < -0.3 is 9.42 Å². The summed E-state index contributed by atoms with van der Waals surface area (Å²) in [6.45, 7) is 0.708. The number of amides is 1. The van der Waals surface area contributed by atoms with Crippen LogP contribution in [-0.4, -0.2) is 37.5 Å². The molecule has 0 radical (unpaired) electrons. The molecule has 3 heterocycles. The fourth-order valence-corrected chi connectivity index (χ4v) is 3.34. The third-order valence-electron chi connectivity index (χ3n) is 5.03. The largest absolute Gasteiger partial charge is 0.339 e. The van der Waals surface area contributed by atoms with E-state index in [0.717, 1.165) is 50.2 Å². The molecule has 3 fully saturated rings. The van der Waals surface area contributed by atoms with Gasteiger partial charge in [0.15, 0.2) is 5.82 Å². The van der Waals surface area contributed by atoms with E-state index in [2.05, 4.69) is 20.1 Å². The summed E-state index contributed by atoms with van der Waals surface area (Å²) in [5, 5.41) is 4.13. The number of hydrogen-bond donors (Lipinski definition) is 0. The number of rotatable bonds is 4. The molecular weight excluding hydrogens is 306 g/mol. The highest BCUT2D eigenvalue weighted by Gasteiger charge is 2.37. The molecule has 1 amide bonds. The third-order valence-corrected chi connectivity index (χ3v) is 5.03. The van der Waals surface area contributed by atoms with Gasteiger partial charge in [-0.3, -0.25) is 4.79 Å². The molecule has 0 bridgehead atoms. The molecule has 0 N–H and O–H groups in total. The Bertz CT molecular complexity index is 781. The smallest absolute Gasteiger partial charge is 0.273 e. The van der Waals surface area contributed by atoms with Crippen LogP contribution in [0.3, 0.4) is 0 Å². The fraction of sp³-hybridized carbons (Fsp3) is 0.588. The van der Waals surface area contributed by atoms with Gasteiger partial charge in [0.05, 0.1) is 6.04 Å². The maximum atomic E-state index is 12.9. The molecule has 2 saturated carbocycles. The summed E-state index contributed by atoms with van der Waals surface area (Å²) < 4.78 is 5.37. The van der Waals surface area contributed by atoms with Crippen LogP contribution in [-0.2, 0) is 0 Å². The summed E-state index contributed by atoms with van der Waals surface area (Å²) in [4.78, 5) is 28.1. The Balaban J connectivity index is 1.39. The van der Waals surface area contributed by atoms with Gasteiger partial charge in [0.1, 0.15) is 11.5 Å². The summed E-state index contributed by atoms with van der Waals surface area (Å²) in [6.07, 6.45) is 8.01. The van der Waals surface area contributed by atoms with Gasteiger partial charge in [-0.2, -0.15) is 4.98 Å². The van der Waals surface area contributed by atoms with Crippen LogP contribution in [0.1, 0.15) is 84.4 Å². The van der Waals surface area contributed by atoms with Crippen molar-refractivity contribution in [1.82, 2.24) is 25.0 Å². The number of aromatic nitrogens is 4. The Kier molecular flexibility index (Phi) is 3.14. The zero-order chi connectivity index (χ0) is 16.1. The molecule has 2 aromatic heterocycles. The van der Waals surface area contributed by atoms with Crippen LogP contribution in [0, 0.1) is 0 Å². The van der Waals surface area contributed by atoms with Crippen LogP contribution in [0.5, 0.6) is 0 Å². The third kappa shape index (κ3) is 2.48. The molecule has 1 atom stereocenters. The van der Waals surface area contributed by atoms with Gasteiger partial charge in [0.25, 0.3) is 5.91 Å². The highest BCUT2D eigenvalue weighted by atomic mass is 16.5. The van der Waals surface area contributed by atoms with Gasteiger partial charge >= 0.3 is 0 Å². The zero-order valence-electron chi connectivity index (χ0n) is 13.4. The van der Waals surface area contributed by atoms with Crippen molar-refractivity contribution in [3.63, 3.8) is 0 Å². The normalized spacial score (nSPS) is 23.7. The zero-order valence-corrected chi connectivity index (χ0v) is 13.4. The highest BCUT2D eigenvalue weighted by molar-refractivity contribution is 5.92. The summed E-state index contributed by atoms with van der Waals surface area (Å²) in [5.74, 6) is 2.97. The van der Waals surface area contributed by atoms with E-state index >= 15 is 0 Å². The van der Waals surface area contributed by atoms with Gasteiger partial charge in [0, 0.05) is 24.6 Å². The first-order chi connectivity index (χ1) is 11.8. The molecule has 7 nitrogen and oxygen atoms in total. The van der Waals surface area contributed by atoms with Crippen LogP contribution in [0.2, 0.25) is 0 Å². The molecule has 1 unspecified atom stereocenters. The van der Waals surface area contributed by atoms with E-state index in [9.17, 15) is 4.79 Å². The summed E-state index contributed by atoms with van der Waals surface area (Å²) in [6, 6.07) is 1.60. The molecular formula is C17H19N5O2. The maximum Gasteiger partial charge on any atom is 0.273 e. The number of carbonyl (C=O) groups is 1. The van der Waals surface area contributed by atoms with Gasteiger partial charge in [0.2, 0.25) is 5.89 Å². The Morgan fingerprint density at radius 1 is 1.08 bits per heavy atom. The van der Waals surface area contributed by atoms with Crippen molar-refractivity contribution in [1.29, 1.82) is 0 Å². The standard InChI is InChI=1S/C17H19N5O2/c23-17(12-7-8-18-14(19-12)10-3-4-10)22-9-1-2-13(22)15-20-16(24-21-15)11-5-6-11/h7-8,10-11,13H,1-6,9H2. The molecule has 2 aromatic rings. The molecule has 1 saturated heterocycles. The first-order valence-electron chi connectivity index (χ1n) is 8.77. The molecule has 3 aliphatic rings. The SMILES string of the molecule is O=C(c1ccnc(C2CC2)n1)N1CCCC1c1noc(C2CC2)n1. The van der Waals surface area contributed by atoms with E-state index in [1.807, 2.05) is 4.90 Å². The monoisotopic (exact) mass is 325 g/mol. The molecule has 124 valence electrons. The minimum absolute atomic E-state index is 0.0560. The van der Waals surface area contributed by atoms with Crippen molar-refractivity contribution < 1.29 is 9.32 Å². The second kappa shape index (κ2) is 5.36. The average molecular weight is 325 g/mol. The molecule has 7 heteroatoms. The lowest BCUT2D eigenvalue weighted by Gasteiger charge is -2.21. The molecule has 24 heavy (non-hydrogen) atoms. The highest BCUT2D eigenvalue weighted by Crippen LogP contribution is 2.40. The van der Waals surface area contributed by atoms with Crippen molar-refractivity contribution in [2.45, 2.75) is 56.4 Å². The fourth-order valence-electron chi connectivity index (χ4n) is 3.34. The molecule has 0 spiro atoms. The summed E-state index contributed by atoms with van der Waals surface area (Å²) in [7, 11) is 0. The minimum Gasteiger partial charge on any atom is -0.339 e. The number of hydrogen-bond acceptors (Lipinski definition) is 6. The van der Waals surface area contributed by atoms with E-state index in [-0.39, 0.29) is 11.9 Å². The second-order valence-corrected chi connectivity index (χ2v) is 7.00. The molecule has 2 aliphatic carbocycles. The van der Waals surface area contributed by atoms with Crippen LogP contribution in [0.15, 0.2) is 16.8 Å². The lowest BCUT2D eigenvalue weighted by molar-refractivity contribution is 0.0721. The van der Waals surface area contributed by atoms with Gasteiger partial charge in [-0.1, -0.05) is 5.16 Å². The lowest BCUT2D eigenvalue weighted by Crippen LogP contribution is -2.32. The Labute approximate surface area is 139 Å². The second-order valence-electron chi connectivity index (χ2n) is 7.00. The average Bonchev–Trinajstić information content (AvgIpc) is 3.54. The van der Waals surface area contributed by atoms with Crippen LogP contribution >= 0.6 is 0 Å². The topological polar surface area (TPSA) is 85.0 Å². The van der Waals surface area contributed by atoms with Crippen LogP contribution in [0.25, 0.3) is 0 Å². The quantitative estimate of drug-likeness (QED) is 0.859. The lowest BCUT2D eigenvalue weighted by atomic mass is 10.2. The predicted molar refractivity (Wildman–Crippen MR) is 83.3 cm³/mol. The summed E-state index contributed by atoms with van der Waals surface area (Å²) in [5.41, 5.74) is 0.477. The van der Waals surface area contributed by atoms with E-state index in [1.165, 1.54) is 0 Å². The molecule has 5 rings (SSSR count). The van der Waals surface area contributed by atoms with E-state index in [1.54, 1.807) is 12.3 Å². The van der Waals surface area contributed by atoms with Crippen molar-refractivity contribution in [2.24, 2.45) is 0 Å². The van der Waals surface area contributed by atoms with Crippen LogP contribution < -0.4 is 0 Å². The predicted octanol–water partition coefficient (Wildman–Crippen LogP) is 2.59. The van der Waals surface area contributed by atoms with E-state index in [4.69, 9.17) is 4.52 Å². The Morgan fingerprint density at radius 3 is 2.71 bits per heavy atom.